The van der Waals surface area contributed by atoms with Crippen LogP contribution in [0.4, 0.5) is 10.5 Å². The van der Waals surface area contributed by atoms with E-state index in [2.05, 4.69) is 29.1 Å². The fraction of sp³-hybridized carbons (Fsp3) is 0.742. The average molecular weight is 498 g/mol. The Morgan fingerprint density at radius 2 is 1.11 bits per heavy atom. The summed E-state index contributed by atoms with van der Waals surface area (Å²) in [5, 5.41) is 4.23. The van der Waals surface area contributed by atoms with Gasteiger partial charge in [0.2, 0.25) is 5.91 Å². The van der Waals surface area contributed by atoms with E-state index in [4.69, 9.17) is 0 Å². The molecule has 5 heteroatoms. The van der Waals surface area contributed by atoms with Crippen molar-refractivity contribution in [2.24, 2.45) is 15.9 Å². The largest absolute Gasteiger partial charge is 0.368 e. The first-order valence-corrected chi connectivity index (χ1v) is 15.1. The summed E-state index contributed by atoms with van der Waals surface area (Å²) in [6, 6.07) is 4.87. The third kappa shape index (κ3) is 12.8. The van der Waals surface area contributed by atoms with Gasteiger partial charge in [0.1, 0.15) is 0 Å². The second-order valence-electron chi connectivity index (χ2n) is 10.6. The lowest BCUT2D eigenvalue weighted by molar-refractivity contribution is -0.120. The molecule has 0 aliphatic carbocycles. The lowest BCUT2D eigenvalue weighted by atomic mass is 9.93. The van der Waals surface area contributed by atoms with Gasteiger partial charge >= 0.3 is 6.03 Å². The van der Waals surface area contributed by atoms with Crippen LogP contribution in [0, 0.1) is 5.92 Å². The molecule has 0 fully saturated rings. The van der Waals surface area contributed by atoms with Crippen molar-refractivity contribution in [3.8, 4) is 0 Å². The molecule has 202 valence electrons. The van der Waals surface area contributed by atoms with Gasteiger partial charge in [-0.05, 0) is 31.0 Å². The van der Waals surface area contributed by atoms with Crippen molar-refractivity contribution in [3.05, 3.63) is 28.9 Å². The van der Waals surface area contributed by atoms with Crippen LogP contribution in [0.25, 0.3) is 0 Å². The summed E-state index contributed by atoms with van der Waals surface area (Å²) >= 11 is 0. The minimum absolute atomic E-state index is 0.0515. The second-order valence-corrected chi connectivity index (χ2v) is 10.6. The number of anilines is 1. The van der Waals surface area contributed by atoms with Crippen molar-refractivity contribution in [1.29, 1.82) is 0 Å². The molecule has 0 saturated heterocycles. The van der Waals surface area contributed by atoms with Crippen LogP contribution in [0.1, 0.15) is 142 Å². The van der Waals surface area contributed by atoms with Gasteiger partial charge < -0.3 is 5.32 Å². The average Bonchev–Trinajstić information content (AvgIpc) is 3.24. The minimum Gasteiger partial charge on any atom is -0.326 e. The fourth-order valence-corrected chi connectivity index (χ4v) is 5.07. The number of benzene rings is 1. The Balaban J connectivity index is 1.75. The Morgan fingerprint density at radius 3 is 1.61 bits per heavy atom. The number of hydrogen-bond donors (Lipinski definition) is 1. The predicted octanol–water partition coefficient (Wildman–Crippen LogP) is 8.46. The molecule has 0 bridgehead atoms. The summed E-state index contributed by atoms with van der Waals surface area (Å²) in [6.07, 6.45) is 25.3. The number of urea groups is 1. The summed E-state index contributed by atoms with van der Waals surface area (Å²) in [5.74, 6) is 0.158. The van der Waals surface area contributed by atoms with Gasteiger partial charge in [-0.3, -0.25) is 4.79 Å². The zero-order valence-electron chi connectivity index (χ0n) is 23.2. The molecule has 0 spiro atoms. The Kier molecular flexibility index (Phi) is 16.0. The van der Waals surface area contributed by atoms with E-state index in [1.807, 2.05) is 6.07 Å². The molecule has 0 radical (unpaired) electrons. The molecule has 2 rings (SSSR count). The number of carbonyl (C=O) groups is 2. The van der Waals surface area contributed by atoms with E-state index in [0.29, 0.717) is 16.4 Å². The maximum atomic E-state index is 13.2. The molecular formula is C31H51N3O2. The fourth-order valence-electron chi connectivity index (χ4n) is 5.07. The van der Waals surface area contributed by atoms with Gasteiger partial charge in [0, 0.05) is 11.6 Å². The number of hydrogen-bond acceptors (Lipinski definition) is 2. The number of nitrogens with one attached hydrogen (secondary N) is 1. The first-order valence-electron chi connectivity index (χ1n) is 15.1. The predicted molar refractivity (Wildman–Crippen MR) is 150 cm³/mol. The number of rotatable bonds is 22. The van der Waals surface area contributed by atoms with E-state index >= 15 is 0 Å². The van der Waals surface area contributed by atoms with Crippen LogP contribution >= 0.6 is 0 Å². The summed E-state index contributed by atoms with van der Waals surface area (Å²) in [6.45, 7) is 4.52. The normalized spacial score (nSPS) is 13.2. The molecule has 1 N–H and O–H groups in total. The highest BCUT2D eigenvalue weighted by atomic mass is 16.2. The van der Waals surface area contributed by atoms with Crippen LogP contribution in [0.3, 0.4) is 0 Å². The molecule has 1 aliphatic rings. The van der Waals surface area contributed by atoms with Gasteiger partial charge in [0.15, 0.2) is 0 Å². The van der Waals surface area contributed by atoms with Crippen molar-refractivity contribution >= 4 is 17.6 Å². The van der Waals surface area contributed by atoms with Crippen molar-refractivity contribution in [3.63, 3.8) is 0 Å². The third-order valence-corrected chi connectivity index (χ3v) is 7.36. The van der Waals surface area contributed by atoms with Crippen molar-refractivity contribution in [2.45, 2.75) is 142 Å². The zero-order valence-corrected chi connectivity index (χ0v) is 23.2. The zero-order chi connectivity index (χ0) is 25.8. The second kappa shape index (κ2) is 19.1. The van der Waals surface area contributed by atoms with Crippen LogP contribution in [-0.2, 0) is 4.79 Å². The Bertz CT molecular complexity index is 880. The summed E-state index contributed by atoms with van der Waals surface area (Å²) in [5.41, 5.74) is 0.705. The highest BCUT2D eigenvalue weighted by Crippen LogP contribution is 2.21. The lowest BCUT2D eigenvalue weighted by Crippen LogP contribution is -2.26. The minimum atomic E-state index is -0.470. The van der Waals surface area contributed by atoms with Crippen molar-refractivity contribution < 1.29 is 9.59 Å². The van der Waals surface area contributed by atoms with Crippen LogP contribution < -0.4 is 16.0 Å². The van der Waals surface area contributed by atoms with Crippen molar-refractivity contribution in [2.75, 3.05) is 5.32 Å². The molecule has 1 aromatic rings. The van der Waals surface area contributed by atoms with E-state index in [0.717, 1.165) is 25.7 Å². The molecular weight excluding hydrogens is 446 g/mol. The maximum absolute atomic E-state index is 13.2. The monoisotopic (exact) mass is 497 g/mol. The number of fused-ring (bicyclic) bond motifs is 1. The molecule has 1 unspecified atom stereocenters. The highest BCUT2D eigenvalue weighted by molar-refractivity contribution is 5.92. The number of carbonyl (C=O) groups excluding carboxylic acids is 2. The molecule has 1 heterocycles. The molecule has 1 atom stereocenters. The van der Waals surface area contributed by atoms with Gasteiger partial charge in [-0.2, -0.15) is 9.98 Å². The molecule has 1 aliphatic heterocycles. The van der Waals surface area contributed by atoms with Crippen LogP contribution in [0.2, 0.25) is 0 Å². The maximum Gasteiger partial charge on any atom is 0.368 e. The Morgan fingerprint density at radius 1 is 0.667 bits per heavy atom. The number of amides is 3. The summed E-state index contributed by atoms with van der Waals surface area (Å²) in [4.78, 5) is 32.4. The SMILES string of the molecule is CCCCCCCCCCCCC(CCCCCCCCCC)C(=O)Nc1ccc2c(c1)=NC(=O)N=2. The smallest absolute Gasteiger partial charge is 0.326 e. The van der Waals surface area contributed by atoms with Gasteiger partial charge in [-0.15, -0.1) is 0 Å². The molecule has 36 heavy (non-hydrogen) atoms. The Labute approximate surface area is 219 Å². The van der Waals surface area contributed by atoms with E-state index in [1.165, 1.54) is 103 Å². The third-order valence-electron chi connectivity index (χ3n) is 7.36. The van der Waals surface area contributed by atoms with E-state index in [-0.39, 0.29) is 11.8 Å². The van der Waals surface area contributed by atoms with E-state index in [1.54, 1.807) is 12.1 Å². The van der Waals surface area contributed by atoms with Crippen LogP contribution in [0.15, 0.2) is 28.2 Å². The molecule has 0 saturated carbocycles. The molecule has 0 aromatic heterocycles. The Hall–Kier alpha value is -2.04. The number of unbranched alkanes of at least 4 members (excludes halogenated alkanes) is 16. The van der Waals surface area contributed by atoms with Gasteiger partial charge in [-0.25, -0.2) is 4.79 Å². The lowest BCUT2D eigenvalue weighted by Gasteiger charge is -2.17. The van der Waals surface area contributed by atoms with Crippen LogP contribution in [-0.4, -0.2) is 11.9 Å². The topological polar surface area (TPSA) is 70.9 Å². The standard InChI is InChI=1S/C31H51N3O2/c1-3-5-7-9-11-13-14-16-18-20-22-26(21-19-17-15-12-10-8-6-4-2)30(35)32-27-23-24-28-29(25-27)34-31(36)33-28/h23-26H,3-22H2,1-2H3,(H,32,35). The summed E-state index contributed by atoms with van der Waals surface area (Å²) in [7, 11) is 0. The number of nitrogens with zero attached hydrogens (tertiary/aromatic N) is 2. The van der Waals surface area contributed by atoms with Crippen LogP contribution in [0.5, 0.6) is 0 Å². The molecule has 3 amide bonds. The summed E-state index contributed by atoms with van der Waals surface area (Å²) < 4.78 is 0. The van der Waals surface area contributed by atoms with Gasteiger partial charge in [0.05, 0.1) is 10.7 Å². The first-order chi connectivity index (χ1) is 17.6. The highest BCUT2D eigenvalue weighted by Gasteiger charge is 2.18. The first kappa shape index (κ1) is 30.2. The quantitative estimate of drug-likeness (QED) is 0.163. The molecule has 5 nitrogen and oxygen atoms in total. The molecule has 1 aromatic carbocycles. The van der Waals surface area contributed by atoms with Crippen molar-refractivity contribution in [1.82, 2.24) is 0 Å². The van der Waals surface area contributed by atoms with Gasteiger partial charge in [-0.1, -0.05) is 129 Å². The van der Waals surface area contributed by atoms with Gasteiger partial charge in [0.25, 0.3) is 0 Å². The van der Waals surface area contributed by atoms with E-state index in [9.17, 15) is 9.59 Å². The van der Waals surface area contributed by atoms with E-state index < -0.39 is 6.03 Å².